The average molecular weight is 520 g/mol. The van der Waals surface area contributed by atoms with Crippen molar-refractivity contribution in [1.82, 2.24) is 4.90 Å². The lowest BCUT2D eigenvalue weighted by molar-refractivity contribution is 0.0746. The second kappa shape index (κ2) is 10.0. The van der Waals surface area contributed by atoms with E-state index in [0.29, 0.717) is 18.7 Å². The minimum atomic E-state index is -0.150. The minimum absolute atomic E-state index is 0.0734. The fourth-order valence-electron chi connectivity index (χ4n) is 4.06. The van der Waals surface area contributed by atoms with Crippen molar-refractivity contribution < 1.29 is 9.59 Å². The van der Waals surface area contributed by atoms with E-state index < -0.39 is 0 Å². The number of hydrogen-bond acceptors (Lipinski definition) is 3. The number of rotatable bonds is 4. The molecule has 1 aliphatic heterocycles. The Morgan fingerprint density at radius 3 is 2.03 bits per heavy atom. The van der Waals surface area contributed by atoms with Gasteiger partial charge in [0.2, 0.25) is 0 Å². The van der Waals surface area contributed by atoms with E-state index in [1.807, 2.05) is 59.5 Å². The van der Waals surface area contributed by atoms with Crippen LogP contribution >= 0.6 is 15.9 Å². The molecular formula is C28H30BrN3O2. The number of carbonyl (C=O) groups is 2. The van der Waals surface area contributed by atoms with E-state index in [4.69, 9.17) is 0 Å². The van der Waals surface area contributed by atoms with Crippen LogP contribution in [0.4, 0.5) is 11.4 Å². The molecule has 1 heterocycles. The van der Waals surface area contributed by atoms with Gasteiger partial charge in [0.1, 0.15) is 0 Å². The number of benzene rings is 3. The van der Waals surface area contributed by atoms with E-state index in [2.05, 4.69) is 59.1 Å². The van der Waals surface area contributed by atoms with Gasteiger partial charge in [-0.3, -0.25) is 9.59 Å². The van der Waals surface area contributed by atoms with Crippen molar-refractivity contribution in [2.75, 3.05) is 36.4 Å². The molecule has 1 N–H and O–H groups in total. The number of carbonyl (C=O) groups excluding carboxylic acids is 2. The van der Waals surface area contributed by atoms with Crippen LogP contribution in [0.25, 0.3) is 0 Å². The van der Waals surface area contributed by atoms with Crippen molar-refractivity contribution in [3.05, 3.63) is 94.0 Å². The molecule has 0 aliphatic carbocycles. The third-order valence-electron chi connectivity index (χ3n) is 6.17. The summed E-state index contributed by atoms with van der Waals surface area (Å²) < 4.78 is 0.765. The van der Waals surface area contributed by atoms with Crippen LogP contribution in [0.3, 0.4) is 0 Å². The molecule has 0 atom stereocenters. The molecule has 4 rings (SSSR count). The molecule has 1 aliphatic rings. The van der Waals surface area contributed by atoms with Crippen molar-refractivity contribution >= 4 is 39.1 Å². The second-order valence-corrected chi connectivity index (χ2v) is 10.4. The molecule has 6 heteroatoms. The average Bonchev–Trinajstić information content (AvgIpc) is 2.84. The number of nitrogens with zero attached hydrogens (tertiary/aromatic N) is 2. The Morgan fingerprint density at radius 1 is 0.824 bits per heavy atom. The van der Waals surface area contributed by atoms with Crippen LogP contribution in [0.15, 0.2) is 77.3 Å². The number of anilines is 2. The Balaban J connectivity index is 1.33. The van der Waals surface area contributed by atoms with Crippen LogP contribution < -0.4 is 10.2 Å². The molecule has 0 bridgehead atoms. The predicted octanol–water partition coefficient (Wildman–Crippen LogP) is 5.96. The van der Waals surface area contributed by atoms with Crippen LogP contribution in [0.2, 0.25) is 0 Å². The number of nitrogens with one attached hydrogen (secondary N) is 1. The van der Waals surface area contributed by atoms with Gasteiger partial charge in [0.05, 0.1) is 5.56 Å². The van der Waals surface area contributed by atoms with Crippen molar-refractivity contribution in [2.45, 2.75) is 26.2 Å². The highest BCUT2D eigenvalue weighted by molar-refractivity contribution is 9.10. The van der Waals surface area contributed by atoms with Crippen molar-refractivity contribution in [1.29, 1.82) is 0 Å². The Kier molecular flexibility index (Phi) is 7.08. The van der Waals surface area contributed by atoms with Gasteiger partial charge in [-0.05, 0) is 75.4 Å². The summed E-state index contributed by atoms with van der Waals surface area (Å²) in [5.74, 6) is -0.0619. The maximum absolute atomic E-state index is 13.0. The van der Waals surface area contributed by atoms with Crippen molar-refractivity contribution in [3.63, 3.8) is 0 Å². The zero-order valence-corrected chi connectivity index (χ0v) is 21.4. The highest BCUT2D eigenvalue weighted by Crippen LogP contribution is 2.24. The lowest BCUT2D eigenvalue weighted by Gasteiger charge is -2.36. The Bertz CT molecular complexity index is 1160. The van der Waals surface area contributed by atoms with E-state index in [-0.39, 0.29) is 17.2 Å². The molecule has 176 valence electrons. The highest BCUT2D eigenvalue weighted by atomic mass is 79.9. The summed E-state index contributed by atoms with van der Waals surface area (Å²) in [6, 6.07) is 23.2. The fraction of sp³-hybridized carbons (Fsp3) is 0.286. The molecule has 5 nitrogen and oxygen atoms in total. The maximum atomic E-state index is 13.0. The van der Waals surface area contributed by atoms with E-state index in [0.717, 1.165) is 34.5 Å². The quantitative estimate of drug-likeness (QED) is 0.462. The fourth-order valence-corrected chi connectivity index (χ4v) is 4.53. The number of amides is 2. The second-order valence-electron chi connectivity index (χ2n) is 9.59. The first kappa shape index (κ1) is 24.0. The standard InChI is InChI=1S/C28H30BrN3O2/c1-28(2,3)21-10-8-20(9-11-21)27(34)32-18-16-31(17-19-32)23-14-12-22(13-15-23)30-26(33)24-6-4-5-7-25(24)29/h4-15H,16-19H2,1-3H3,(H,30,33). The topological polar surface area (TPSA) is 52.7 Å². The van der Waals surface area contributed by atoms with Gasteiger partial charge in [-0.2, -0.15) is 0 Å². The van der Waals surface area contributed by atoms with Gasteiger partial charge in [0.15, 0.2) is 0 Å². The third-order valence-corrected chi connectivity index (χ3v) is 6.87. The summed E-state index contributed by atoms with van der Waals surface area (Å²) in [5.41, 5.74) is 4.47. The lowest BCUT2D eigenvalue weighted by atomic mass is 9.86. The van der Waals surface area contributed by atoms with Gasteiger partial charge in [-0.25, -0.2) is 0 Å². The third kappa shape index (κ3) is 5.50. The largest absolute Gasteiger partial charge is 0.368 e. The van der Waals surface area contributed by atoms with Crippen LogP contribution in [-0.4, -0.2) is 42.9 Å². The molecular weight excluding hydrogens is 490 g/mol. The smallest absolute Gasteiger partial charge is 0.256 e. The summed E-state index contributed by atoms with van der Waals surface area (Å²) in [6.07, 6.45) is 0. The van der Waals surface area contributed by atoms with Gasteiger partial charge >= 0.3 is 0 Å². The van der Waals surface area contributed by atoms with Crippen LogP contribution in [0.1, 0.15) is 47.1 Å². The first-order valence-electron chi connectivity index (χ1n) is 11.5. The molecule has 3 aromatic rings. The predicted molar refractivity (Wildman–Crippen MR) is 142 cm³/mol. The monoisotopic (exact) mass is 519 g/mol. The van der Waals surface area contributed by atoms with Crippen LogP contribution in [-0.2, 0) is 5.41 Å². The Labute approximate surface area is 209 Å². The molecule has 3 aromatic carbocycles. The van der Waals surface area contributed by atoms with Crippen molar-refractivity contribution in [2.24, 2.45) is 0 Å². The van der Waals surface area contributed by atoms with E-state index in [1.54, 1.807) is 6.07 Å². The lowest BCUT2D eigenvalue weighted by Crippen LogP contribution is -2.48. The number of hydrogen-bond donors (Lipinski definition) is 1. The summed E-state index contributed by atoms with van der Waals surface area (Å²) in [5, 5.41) is 2.94. The molecule has 2 amide bonds. The van der Waals surface area contributed by atoms with Crippen LogP contribution in [0, 0.1) is 0 Å². The summed E-state index contributed by atoms with van der Waals surface area (Å²) in [4.78, 5) is 29.7. The molecule has 34 heavy (non-hydrogen) atoms. The molecule has 1 saturated heterocycles. The van der Waals surface area contributed by atoms with Gasteiger partial charge in [0, 0.05) is 47.6 Å². The first-order chi connectivity index (χ1) is 16.2. The molecule has 0 radical (unpaired) electrons. The number of halogens is 1. The van der Waals surface area contributed by atoms with Gasteiger partial charge in [-0.1, -0.05) is 45.0 Å². The summed E-state index contributed by atoms with van der Waals surface area (Å²) >= 11 is 3.42. The highest BCUT2D eigenvalue weighted by Gasteiger charge is 2.23. The molecule has 0 aromatic heterocycles. The normalized spacial score (nSPS) is 14.1. The minimum Gasteiger partial charge on any atom is -0.368 e. The summed E-state index contributed by atoms with van der Waals surface area (Å²) in [6.45, 7) is 9.42. The molecule has 0 spiro atoms. The SMILES string of the molecule is CC(C)(C)c1ccc(C(=O)N2CCN(c3ccc(NC(=O)c4ccccc4Br)cc3)CC2)cc1. The Hall–Kier alpha value is -3.12. The molecule has 1 fully saturated rings. The van der Waals surface area contributed by atoms with Crippen molar-refractivity contribution in [3.8, 4) is 0 Å². The van der Waals surface area contributed by atoms with Gasteiger partial charge in [0.25, 0.3) is 11.8 Å². The van der Waals surface area contributed by atoms with Gasteiger partial charge in [-0.15, -0.1) is 0 Å². The first-order valence-corrected chi connectivity index (χ1v) is 12.3. The van der Waals surface area contributed by atoms with E-state index in [1.165, 1.54) is 5.56 Å². The van der Waals surface area contributed by atoms with Crippen LogP contribution in [0.5, 0.6) is 0 Å². The molecule has 0 saturated carbocycles. The maximum Gasteiger partial charge on any atom is 0.256 e. The molecule has 0 unspecified atom stereocenters. The zero-order chi connectivity index (χ0) is 24.3. The number of piperazine rings is 1. The van der Waals surface area contributed by atoms with E-state index in [9.17, 15) is 9.59 Å². The van der Waals surface area contributed by atoms with Gasteiger partial charge < -0.3 is 15.1 Å². The Morgan fingerprint density at radius 2 is 1.44 bits per heavy atom. The van der Waals surface area contributed by atoms with E-state index >= 15 is 0 Å². The zero-order valence-electron chi connectivity index (χ0n) is 19.8. The summed E-state index contributed by atoms with van der Waals surface area (Å²) in [7, 11) is 0.